The molecule has 0 aromatic rings. The van der Waals surface area contributed by atoms with Gasteiger partial charge in [0.2, 0.25) is 0 Å². The largest absolute Gasteiger partial charge is 0.492 e. The van der Waals surface area contributed by atoms with Gasteiger partial charge in [-0.05, 0) is 0 Å². The van der Waals surface area contributed by atoms with Gasteiger partial charge in [-0.3, -0.25) is 0 Å². The maximum atomic E-state index is 9.92. The molecule has 0 aliphatic carbocycles. The highest BCUT2D eigenvalue weighted by atomic mass is 19.1. The van der Waals surface area contributed by atoms with E-state index in [-0.39, 0.29) is 7.43 Å². The summed E-state index contributed by atoms with van der Waals surface area (Å²) in [5.41, 5.74) is 0. The van der Waals surface area contributed by atoms with Crippen LogP contribution in [0.1, 0.15) is 7.43 Å². The fourth-order valence-corrected chi connectivity index (χ4v) is 0. The average Bonchev–Trinajstić information content (AvgIpc) is 1.25. The van der Waals surface area contributed by atoms with E-state index in [0.717, 1.165) is 0 Å². The predicted molar refractivity (Wildman–Crippen MR) is 25.0 cm³/mol. The van der Waals surface area contributed by atoms with Crippen molar-refractivity contribution < 1.29 is 28.6 Å². The number of hydrogen-bond donors (Lipinski definition) is 2. The van der Waals surface area contributed by atoms with E-state index in [4.69, 9.17) is 19.8 Å². The number of carboxylic acid groups (broad SMARTS) is 2. The van der Waals surface area contributed by atoms with Crippen molar-refractivity contribution in [1.82, 2.24) is 0 Å². The molecule has 0 unspecified atom stereocenters. The van der Waals surface area contributed by atoms with Crippen LogP contribution in [0.15, 0.2) is 0 Å². The summed E-state index contributed by atoms with van der Waals surface area (Å²) < 4.78 is 19.8. The second-order valence-electron chi connectivity index (χ2n) is 0.506. The Morgan fingerprint density at radius 2 is 1.00 bits per heavy atom. The molecule has 0 spiro atoms. The molecule has 0 fully saturated rings. The SMILES string of the molecule is C.O=C(O)F.O=C(O)F. The fourth-order valence-electron chi connectivity index (χ4n) is 0. The summed E-state index contributed by atoms with van der Waals surface area (Å²) in [6.45, 7) is 0. The van der Waals surface area contributed by atoms with E-state index in [0.29, 0.717) is 0 Å². The van der Waals surface area contributed by atoms with E-state index in [1.165, 1.54) is 0 Å². The van der Waals surface area contributed by atoms with Crippen LogP contribution in [0.5, 0.6) is 0 Å². The van der Waals surface area contributed by atoms with Crippen LogP contribution in [-0.2, 0) is 0 Å². The van der Waals surface area contributed by atoms with E-state index in [1.807, 2.05) is 0 Å². The third-order valence-electron chi connectivity index (χ3n) is 0. The molecule has 0 atom stereocenters. The van der Waals surface area contributed by atoms with Gasteiger partial charge in [-0.15, -0.1) is 8.78 Å². The maximum absolute atomic E-state index is 9.92. The Balaban J connectivity index is -0.0000000720. The smallest absolute Gasteiger partial charge is 0.456 e. The molecule has 9 heavy (non-hydrogen) atoms. The quantitative estimate of drug-likeness (QED) is 0.509. The topological polar surface area (TPSA) is 74.6 Å². The van der Waals surface area contributed by atoms with Crippen LogP contribution in [0.4, 0.5) is 18.4 Å². The lowest BCUT2D eigenvalue weighted by atomic mass is 11.5. The summed E-state index contributed by atoms with van der Waals surface area (Å²) in [6.07, 6.45) is -4.67. The molecule has 0 bridgehead atoms. The predicted octanol–water partition coefficient (Wildman–Crippen LogP) is 1.90. The third-order valence-corrected chi connectivity index (χ3v) is 0. The Morgan fingerprint density at radius 1 is 1.00 bits per heavy atom. The van der Waals surface area contributed by atoms with E-state index in [1.54, 1.807) is 0 Å². The Hall–Kier alpha value is -1.20. The van der Waals surface area contributed by atoms with E-state index >= 15 is 0 Å². The standard InChI is InChI=1S/2CHFO2.CH4/c2*2-1(3)4;/h2*(H,3,4);1H4. The van der Waals surface area contributed by atoms with Gasteiger partial charge < -0.3 is 10.2 Å². The first-order valence-electron chi connectivity index (χ1n) is 1.23. The highest BCUT2D eigenvalue weighted by Gasteiger charge is 1.74. The van der Waals surface area contributed by atoms with Crippen molar-refractivity contribution in [2.75, 3.05) is 0 Å². The van der Waals surface area contributed by atoms with Crippen molar-refractivity contribution in [3.8, 4) is 0 Å². The van der Waals surface area contributed by atoms with Gasteiger partial charge in [-0.25, -0.2) is 9.59 Å². The zero-order valence-electron chi connectivity index (χ0n) is 3.47. The lowest BCUT2D eigenvalue weighted by Gasteiger charge is -1.53. The number of hydrogen-bond acceptors (Lipinski definition) is 2. The molecule has 0 saturated heterocycles. The fraction of sp³-hybridized carbons (Fsp3) is 0.333. The third kappa shape index (κ3) is 109. The summed E-state index contributed by atoms with van der Waals surface area (Å²) in [6, 6.07) is 0. The molecule has 4 nitrogen and oxygen atoms in total. The van der Waals surface area contributed by atoms with Crippen molar-refractivity contribution in [2.45, 2.75) is 7.43 Å². The van der Waals surface area contributed by atoms with Crippen LogP contribution < -0.4 is 0 Å². The molecule has 0 radical (unpaired) electrons. The molecule has 0 aliphatic rings. The van der Waals surface area contributed by atoms with Crippen LogP contribution in [0.25, 0.3) is 0 Å². The lowest BCUT2D eigenvalue weighted by Crippen LogP contribution is -1.69. The Bertz CT molecular complexity index is 71.8. The highest BCUT2D eigenvalue weighted by Crippen LogP contribution is 1.58. The molecule has 6 heteroatoms. The molecule has 56 valence electrons. The van der Waals surface area contributed by atoms with Crippen molar-refractivity contribution in [3.63, 3.8) is 0 Å². The van der Waals surface area contributed by atoms with Crippen LogP contribution in [0.3, 0.4) is 0 Å². The molecule has 0 saturated carbocycles. The first kappa shape index (κ1) is 15.7. The molecule has 0 amide bonds. The van der Waals surface area contributed by atoms with Gasteiger partial charge in [0.1, 0.15) is 0 Å². The summed E-state index contributed by atoms with van der Waals surface area (Å²) in [5, 5.41) is 13.5. The molecule has 0 aliphatic heterocycles. The lowest BCUT2D eigenvalue weighted by molar-refractivity contribution is 0.167. The van der Waals surface area contributed by atoms with Crippen molar-refractivity contribution in [1.29, 1.82) is 0 Å². The van der Waals surface area contributed by atoms with Crippen molar-refractivity contribution in [2.24, 2.45) is 0 Å². The molecule has 0 heterocycles. The van der Waals surface area contributed by atoms with Gasteiger partial charge in [0.15, 0.2) is 0 Å². The number of rotatable bonds is 0. The van der Waals surface area contributed by atoms with Crippen LogP contribution in [0, 0.1) is 0 Å². The molecular weight excluding hydrogens is 138 g/mol. The molecule has 0 rings (SSSR count). The summed E-state index contributed by atoms with van der Waals surface area (Å²) in [4.78, 5) is 16.7. The first-order valence-corrected chi connectivity index (χ1v) is 1.23. The zero-order valence-corrected chi connectivity index (χ0v) is 3.47. The minimum atomic E-state index is -2.33. The Morgan fingerprint density at radius 3 is 1.00 bits per heavy atom. The average molecular weight is 144 g/mol. The first-order chi connectivity index (χ1) is 3.46. The Labute approximate surface area is 49.7 Å². The molecular formula is C3H6F2O4. The maximum Gasteiger partial charge on any atom is 0.492 e. The van der Waals surface area contributed by atoms with Gasteiger partial charge in [0.05, 0.1) is 0 Å². The van der Waals surface area contributed by atoms with Crippen molar-refractivity contribution >= 4 is 12.4 Å². The molecule has 2 N–H and O–H groups in total. The van der Waals surface area contributed by atoms with Crippen LogP contribution >= 0.6 is 0 Å². The van der Waals surface area contributed by atoms with Gasteiger partial charge in [0.25, 0.3) is 0 Å². The highest BCUT2D eigenvalue weighted by molar-refractivity contribution is 5.54. The summed E-state index contributed by atoms with van der Waals surface area (Å²) in [5.74, 6) is 0. The molecule has 0 aromatic carbocycles. The van der Waals surface area contributed by atoms with Crippen molar-refractivity contribution in [3.05, 3.63) is 0 Å². The Kier molecular flexibility index (Phi) is 17.3. The van der Waals surface area contributed by atoms with Gasteiger partial charge in [0, 0.05) is 0 Å². The second kappa shape index (κ2) is 9.93. The second-order valence-corrected chi connectivity index (χ2v) is 0.506. The van der Waals surface area contributed by atoms with E-state index < -0.39 is 12.4 Å². The minimum Gasteiger partial charge on any atom is -0.456 e. The monoisotopic (exact) mass is 144 g/mol. The van der Waals surface area contributed by atoms with Crippen LogP contribution in [-0.4, -0.2) is 22.7 Å². The normalized spacial score (nSPS) is 5.56. The van der Waals surface area contributed by atoms with Gasteiger partial charge in [-0.2, -0.15) is 0 Å². The number of halogens is 2. The van der Waals surface area contributed by atoms with Crippen LogP contribution in [0.2, 0.25) is 0 Å². The molecule has 0 aromatic heterocycles. The summed E-state index contributed by atoms with van der Waals surface area (Å²) >= 11 is 0. The minimum absolute atomic E-state index is 0. The van der Waals surface area contributed by atoms with E-state index in [9.17, 15) is 8.78 Å². The summed E-state index contributed by atoms with van der Waals surface area (Å²) in [7, 11) is 0. The van der Waals surface area contributed by atoms with Gasteiger partial charge in [-0.1, -0.05) is 7.43 Å². The number of carbonyl (C=O) groups is 2. The zero-order chi connectivity index (χ0) is 7.15. The van der Waals surface area contributed by atoms with E-state index in [2.05, 4.69) is 0 Å². The van der Waals surface area contributed by atoms with Gasteiger partial charge >= 0.3 is 12.4 Å².